The molecule has 0 aliphatic heterocycles. The molecule has 3 heteroatoms. The van der Waals surface area contributed by atoms with Gasteiger partial charge in [0.25, 0.3) is 5.91 Å². The fourth-order valence-corrected chi connectivity index (χ4v) is 2.70. The highest BCUT2D eigenvalue weighted by Crippen LogP contribution is 2.25. The monoisotopic (exact) mass is 271 g/mol. The molecule has 1 amide bonds. The van der Waals surface area contributed by atoms with E-state index in [-0.39, 0.29) is 18.6 Å². The Hall–Kier alpha value is -1.79. The molecule has 1 aliphatic rings. The van der Waals surface area contributed by atoms with Crippen molar-refractivity contribution in [2.45, 2.75) is 39.2 Å². The summed E-state index contributed by atoms with van der Waals surface area (Å²) in [6.07, 6.45) is 3.41. The summed E-state index contributed by atoms with van der Waals surface area (Å²) >= 11 is 0. The van der Waals surface area contributed by atoms with Crippen LogP contribution in [0, 0.1) is 24.7 Å². The Morgan fingerprint density at radius 2 is 2.25 bits per heavy atom. The van der Waals surface area contributed by atoms with E-state index in [0.717, 1.165) is 12.0 Å². The predicted molar refractivity (Wildman–Crippen MR) is 79.4 cm³/mol. The number of carbonyl (C=O) groups is 1. The zero-order valence-corrected chi connectivity index (χ0v) is 12.1. The van der Waals surface area contributed by atoms with Gasteiger partial charge in [-0.2, -0.15) is 0 Å². The van der Waals surface area contributed by atoms with Crippen LogP contribution in [0.15, 0.2) is 18.2 Å². The van der Waals surface area contributed by atoms with Crippen LogP contribution >= 0.6 is 0 Å². The van der Waals surface area contributed by atoms with Crippen molar-refractivity contribution in [1.82, 2.24) is 5.32 Å². The van der Waals surface area contributed by atoms with Gasteiger partial charge in [0.2, 0.25) is 0 Å². The number of hydrogen-bond donors (Lipinski definition) is 2. The van der Waals surface area contributed by atoms with Crippen LogP contribution in [0.1, 0.15) is 47.7 Å². The van der Waals surface area contributed by atoms with E-state index in [4.69, 9.17) is 5.11 Å². The molecule has 0 bridgehead atoms. The number of aliphatic hydroxyl groups excluding tert-OH is 1. The molecular weight excluding hydrogens is 250 g/mol. The number of hydrogen-bond acceptors (Lipinski definition) is 2. The average Bonchev–Trinajstić information content (AvgIpc) is 2.83. The van der Waals surface area contributed by atoms with E-state index in [1.807, 2.05) is 25.1 Å². The topological polar surface area (TPSA) is 49.3 Å². The molecule has 3 nitrogen and oxygen atoms in total. The van der Waals surface area contributed by atoms with Gasteiger partial charge < -0.3 is 10.4 Å². The Bertz CT molecular complexity index is 554. The highest BCUT2D eigenvalue weighted by atomic mass is 16.2. The molecule has 2 atom stereocenters. The molecule has 1 aliphatic carbocycles. The van der Waals surface area contributed by atoms with E-state index < -0.39 is 0 Å². The molecule has 20 heavy (non-hydrogen) atoms. The Balaban J connectivity index is 2.21. The fourth-order valence-electron chi connectivity index (χ4n) is 2.70. The van der Waals surface area contributed by atoms with Gasteiger partial charge in [0.05, 0.1) is 5.56 Å². The molecule has 2 unspecified atom stereocenters. The number of nitrogens with one attached hydrogen (secondary N) is 1. The van der Waals surface area contributed by atoms with E-state index in [1.165, 1.54) is 12.8 Å². The van der Waals surface area contributed by atoms with Crippen molar-refractivity contribution in [2.75, 3.05) is 6.61 Å². The molecular formula is C17H21NO2. The van der Waals surface area contributed by atoms with Crippen LogP contribution in [-0.2, 0) is 0 Å². The fraction of sp³-hybridized carbons (Fsp3) is 0.471. The van der Waals surface area contributed by atoms with Crippen molar-refractivity contribution in [3.05, 3.63) is 34.9 Å². The molecule has 1 aromatic rings. The second-order valence-electron chi connectivity index (χ2n) is 5.50. The van der Waals surface area contributed by atoms with Gasteiger partial charge in [-0.3, -0.25) is 4.79 Å². The number of aliphatic hydroxyl groups is 1. The maximum Gasteiger partial charge on any atom is 0.252 e. The quantitative estimate of drug-likeness (QED) is 0.811. The van der Waals surface area contributed by atoms with Crippen molar-refractivity contribution in [1.29, 1.82) is 0 Å². The molecule has 2 N–H and O–H groups in total. The van der Waals surface area contributed by atoms with Crippen LogP contribution in [0.5, 0.6) is 0 Å². The van der Waals surface area contributed by atoms with E-state index in [2.05, 4.69) is 24.1 Å². The molecule has 0 aromatic heterocycles. The van der Waals surface area contributed by atoms with E-state index in [0.29, 0.717) is 17.0 Å². The summed E-state index contributed by atoms with van der Waals surface area (Å²) in [5, 5.41) is 11.9. The maximum absolute atomic E-state index is 12.4. The molecule has 106 valence electrons. The third-order valence-corrected chi connectivity index (χ3v) is 3.90. The van der Waals surface area contributed by atoms with Gasteiger partial charge in [0.15, 0.2) is 0 Å². The first-order valence-electron chi connectivity index (χ1n) is 7.13. The lowest BCUT2D eigenvalue weighted by Gasteiger charge is -2.18. The second-order valence-corrected chi connectivity index (χ2v) is 5.50. The van der Waals surface area contributed by atoms with Crippen molar-refractivity contribution < 1.29 is 9.90 Å². The number of carbonyl (C=O) groups excluding carboxylic acids is 1. The van der Waals surface area contributed by atoms with E-state index in [1.54, 1.807) is 0 Å². The number of aryl methyl sites for hydroxylation is 1. The Morgan fingerprint density at radius 1 is 1.45 bits per heavy atom. The van der Waals surface area contributed by atoms with Crippen molar-refractivity contribution >= 4 is 5.91 Å². The van der Waals surface area contributed by atoms with Crippen LogP contribution < -0.4 is 5.32 Å². The molecule has 0 heterocycles. The van der Waals surface area contributed by atoms with Gasteiger partial charge in [0.1, 0.15) is 6.61 Å². The number of benzene rings is 1. The summed E-state index contributed by atoms with van der Waals surface area (Å²) in [6, 6.07) is 5.89. The van der Waals surface area contributed by atoms with Gasteiger partial charge in [-0.05, 0) is 37.8 Å². The standard InChI is InChI=1S/C17H21NO2/c1-12-8-9-14(6-4-10-19)15(11-12)17(20)18-16-7-3-5-13(16)2/h8-9,11,13,16,19H,3,5,7,10H2,1-2H3,(H,18,20). The lowest BCUT2D eigenvalue weighted by Crippen LogP contribution is -2.36. The summed E-state index contributed by atoms with van der Waals surface area (Å²) in [7, 11) is 0. The lowest BCUT2D eigenvalue weighted by molar-refractivity contribution is 0.0929. The summed E-state index contributed by atoms with van der Waals surface area (Å²) in [5.41, 5.74) is 2.31. The van der Waals surface area contributed by atoms with E-state index in [9.17, 15) is 4.79 Å². The molecule has 0 spiro atoms. The van der Waals surface area contributed by atoms with Crippen molar-refractivity contribution in [3.63, 3.8) is 0 Å². The van der Waals surface area contributed by atoms with Crippen molar-refractivity contribution in [2.24, 2.45) is 5.92 Å². The number of rotatable bonds is 2. The summed E-state index contributed by atoms with van der Waals surface area (Å²) in [6.45, 7) is 3.94. The minimum atomic E-state index is -0.200. The molecule has 2 rings (SSSR count). The van der Waals surface area contributed by atoms with E-state index >= 15 is 0 Å². The molecule has 0 saturated heterocycles. The van der Waals surface area contributed by atoms with Crippen LogP contribution in [0.4, 0.5) is 0 Å². The number of amides is 1. The van der Waals surface area contributed by atoms with Gasteiger partial charge in [0, 0.05) is 11.6 Å². The minimum absolute atomic E-state index is 0.0605. The molecule has 1 fully saturated rings. The first-order chi connectivity index (χ1) is 9.61. The summed E-state index contributed by atoms with van der Waals surface area (Å²) in [4.78, 5) is 12.4. The van der Waals surface area contributed by atoms with Gasteiger partial charge in [-0.15, -0.1) is 0 Å². The van der Waals surface area contributed by atoms with Crippen LogP contribution in [0.2, 0.25) is 0 Å². The van der Waals surface area contributed by atoms with Crippen LogP contribution in [0.25, 0.3) is 0 Å². The first-order valence-corrected chi connectivity index (χ1v) is 7.13. The minimum Gasteiger partial charge on any atom is -0.384 e. The third-order valence-electron chi connectivity index (χ3n) is 3.90. The van der Waals surface area contributed by atoms with Gasteiger partial charge in [-0.25, -0.2) is 0 Å². The predicted octanol–water partition coefficient (Wildman–Crippen LogP) is 2.26. The molecule has 1 aromatic carbocycles. The molecule has 1 saturated carbocycles. The van der Waals surface area contributed by atoms with Crippen molar-refractivity contribution in [3.8, 4) is 11.8 Å². The smallest absolute Gasteiger partial charge is 0.252 e. The third kappa shape index (κ3) is 3.40. The maximum atomic E-state index is 12.4. The van der Waals surface area contributed by atoms with Gasteiger partial charge >= 0.3 is 0 Å². The van der Waals surface area contributed by atoms with Gasteiger partial charge in [-0.1, -0.05) is 36.8 Å². The Labute approximate surface area is 120 Å². The van der Waals surface area contributed by atoms with Crippen LogP contribution in [0.3, 0.4) is 0 Å². The largest absolute Gasteiger partial charge is 0.384 e. The lowest BCUT2D eigenvalue weighted by atomic mass is 10.0. The Morgan fingerprint density at radius 3 is 2.90 bits per heavy atom. The average molecular weight is 271 g/mol. The SMILES string of the molecule is Cc1ccc(C#CCO)c(C(=O)NC2CCCC2C)c1. The zero-order chi connectivity index (χ0) is 14.5. The second kappa shape index (κ2) is 6.58. The normalized spacial score (nSPS) is 21.1. The first kappa shape index (κ1) is 14.6. The Kier molecular flexibility index (Phi) is 4.81. The van der Waals surface area contributed by atoms with Crippen LogP contribution in [-0.4, -0.2) is 23.7 Å². The molecule has 0 radical (unpaired) electrons. The highest BCUT2D eigenvalue weighted by Gasteiger charge is 2.25. The highest BCUT2D eigenvalue weighted by molar-refractivity contribution is 5.97. The summed E-state index contributed by atoms with van der Waals surface area (Å²) in [5.74, 6) is 5.93. The summed E-state index contributed by atoms with van der Waals surface area (Å²) < 4.78 is 0. The zero-order valence-electron chi connectivity index (χ0n) is 12.1.